The Morgan fingerprint density at radius 1 is 1.06 bits per heavy atom. The Bertz CT molecular complexity index is 631. The zero-order chi connectivity index (χ0) is 12.7. The lowest BCUT2D eigenvalue weighted by molar-refractivity contribution is 0.956. The van der Waals surface area contributed by atoms with Crippen LogP contribution in [0.4, 0.5) is 0 Å². The number of fused-ring (bicyclic) bond motifs is 3. The van der Waals surface area contributed by atoms with Crippen LogP contribution in [0.25, 0.3) is 11.1 Å². The Labute approximate surface area is 113 Å². The number of benzene rings is 2. The van der Waals surface area contributed by atoms with Crippen LogP contribution in [0.2, 0.25) is 0 Å². The molecule has 1 nitrogen and oxygen atoms in total. The minimum atomic E-state index is 0.454. The highest BCUT2D eigenvalue weighted by atomic mass is 32.1. The maximum Gasteiger partial charge on any atom is 0.106 e. The Balaban J connectivity index is 2.16. The van der Waals surface area contributed by atoms with Gasteiger partial charge in [0.05, 0.1) is 0 Å². The largest absolute Gasteiger partial charge is 0.379 e. The summed E-state index contributed by atoms with van der Waals surface area (Å²) in [6.45, 7) is 2.26. The third kappa shape index (κ3) is 1.57. The lowest BCUT2D eigenvalue weighted by Gasteiger charge is -2.09. The standard InChI is InChI=1S/C16H15NS/c1-10-12-5-3-4-6-13(12)14-8-7-11(9-15(10)14)16(18)17-2/h3-10H,1-2H3,(H,17,18). The summed E-state index contributed by atoms with van der Waals surface area (Å²) in [5.41, 5.74) is 6.61. The number of hydrogen-bond donors (Lipinski definition) is 1. The van der Waals surface area contributed by atoms with E-state index in [1.165, 1.54) is 22.3 Å². The van der Waals surface area contributed by atoms with Crippen molar-refractivity contribution >= 4 is 17.2 Å². The number of nitrogens with one attached hydrogen (secondary N) is 1. The number of hydrogen-bond acceptors (Lipinski definition) is 1. The topological polar surface area (TPSA) is 12.0 Å². The summed E-state index contributed by atoms with van der Waals surface area (Å²) < 4.78 is 0. The summed E-state index contributed by atoms with van der Waals surface area (Å²) in [4.78, 5) is 0.806. The number of rotatable bonds is 1. The molecule has 2 heteroatoms. The predicted molar refractivity (Wildman–Crippen MR) is 80.2 cm³/mol. The van der Waals surface area contributed by atoms with Gasteiger partial charge in [-0.05, 0) is 28.3 Å². The average Bonchev–Trinajstić information content (AvgIpc) is 2.72. The molecule has 90 valence electrons. The molecule has 1 N–H and O–H groups in total. The van der Waals surface area contributed by atoms with Crippen molar-refractivity contribution < 1.29 is 0 Å². The van der Waals surface area contributed by atoms with Gasteiger partial charge in [0.1, 0.15) is 4.99 Å². The van der Waals surface area contributed by atoms with Crippen LogP contribution in [0.5, 0.6) is 0 Å². The molecule has 1 aliphatic rings. The van der Waals surface area contributed by atoms with E-state index in [2.05, 4.69) is 54.7 Å². The molecule has 0 saturated carbocycles. The van der Waals surface area contributed by atoms with Gasteiger partial charge in [-0.1, -0.05) is 55.5 Å². The Morgan fingerprint density at radius 2 is 1.78 bits per heavy atom. The van der Waals surface area contributed by atoms with E-state index in [0.717, 1.165) is 10.6 Å². The molecule has 0 aromatic heterocycles. The SMILES string of the molecule is CNC(=S)c1ccc2c(c1)C(C)c1ccccc1-2. The number of thiocarbonyl (C=S) groups is 1. The van der Waals surface area contributed by atoms with Gasteiger partial charge in [-0.15, -0.1) is 0 Å². The normalized spacial score (nSPS) is 16.0. The molecule has 0 amide bonds. The second-order valence-corrected chi connectivity index (χ2v) is 5.10. The monoisotopic (exact) mass is 253 g/mol. The van der Waals surface area contributed by atoms with Gasteiger partial charge in [-0.2, -0.15) is 0 Å². The van der Waals surface area contributed by atoms with Gasteiger partial charge in [0.15, 0.2) is 0 Å². The first-order valence-corrected chi connectivity index (χ1v) is 6.58. The Kier molecular flexibility index (Phi) is 2.67. The zero-order valence-electron chi connectivity index (χ0n) is 10.5. The van der Waals surface area contributed by atoms with Crippen molar-refractivity contribution in [2.24, 2.45) is 0 Å². The summed E-state index contributed by atoms with van der Waals surface area (Å²) in [6.07, 6.45) is 0. The predicted octanol–water partition coefficient (Wildman–Crippen LogP) is 3.71. The molecule has 0 bridgehead atoms. The maximum absolute atomic E-state index is 5.31. The molecule has 0 fully saturated rings. The molecule has 2 aromatic carbocycles. The van der Waals surface area contributed by atoms with Crippen LogP contribution in [-0.2, 0) is 0 Å². The van der Waals surface area contributed by atoms with Gasteiger partial charge < -0.3 is 5.32 Å². The van der Waals surface area contributed by atoms with E-state index in [1.807, 2.05) is 7.05 Å². The lowest BCUT2D eigenvalue weighted by atomic mass is 9.98. The third-order valence-corrected chi connectivity index (χ3v) is 4.16. The lowest BCUT2D eigenvalue weighted by Crippen LogP contribution is -2.16. The van der Waals surface area contributed by atoms with E-state index in [0.29, 0.717) is 5.92 Å². The van der Waals surface area contributed by atoms with Crippen LogP contribution in [0.15, 0.2) is 42.5 Å². The molecule has 0 heterocycles. The van der Waals surface area contributed by atoms with Gasteiger partial charge in [-0.3, -0.25) is 0 Å². The van der Waals surface area contributed by atoms with Crippen molar-refractivity contribution in [3.05, 3.63) is 59.2 Å². The van der Waals surface area contributed by atoms with Crippen LogP contribution in [-0.4, -0.2) is 12.0 Å². The summed E-state index contributed by atoms with van der Waals surface area (Å²) >= 11 is 5.31. The van der Waals surface area contributed by atoms with Gasteiger partial charge >= 0.3 is 0 Å². The van der Waals surface area contributed by atoms with E-state index in [9.17, 15) is 0 Å². The molecule has 1 aliphatic carbocycles. The maximum atomic E-state index is 5.31. The molecule has 18 heavy (non-hydrogen) atoms. The first kappa shape index (κ1) is 11.4. The van der Waals surface area contributed by atoms with E-state index in [-0.39, 0.29) is 0 Å². The van der Waals surface area contributed by atoms with E-state index in [1.54, 1.807) is 0 Å². The highest BCUT2D eigenvalue weighted by molar-refractivity contribution is 7.80. The minimum Gasteiger partial charge on any atom is -0.379 e. The fourth-order valence-corrected chi connectivity index (χ4v) is 2.87. The fourth-order valence-electron chi connectivity index (χ4n) is 2.74. The quantitative estimate of drug-likeness (QED) is 0.777. The average molecular weight is 253 g/mol. The fraction of sp³-hybridized carbons (Fsp3) is 0.188. The van der Waals surface area contributed by atoms with Crippen LogP contribution in [0.3, 0.4) is 0 Å². The van der Waals surface area contributed by atoms with Crippen LogP contribution < -0.4 is 5.32 Å². The Hall–Kier alpha value is -1.67. The molecule has 1 unspecified atom stereocenters. The molecule has 0 saturated heterocycles. The molecular formula is C16H15NS. The van der Waals surface area contributed by atoms with Crippen molar-refractivity contribution in [1.82, 2.24) is 5.32 Å². The van der Waals surface area contributed by atoms with E-state index < -0.39 is 0 Å². The van der Waals surface area contributed by atoms with Crippen molar-refractivity contribution in [2.75, 3.05) is 7.05 Å². The van der Waals surface area contributed by atoms with Gasteiger partial charge in [-0.25, -0.2) is 0 Å². The van der Waals surface area contributed by atoms with Crippen LogP contribution in [0, 0.1) is 0 Å². The van der Waals surface area contributed by atoms with Gasteiger partial charge in [0, 0.05) is 18.5 Å². The second-order valence-electron chi connectivity index (χ2n) is 4.69. The summed E-state index contributed by atoms with van der Waals surface area (Å²) in [5, 5.41) is 3.04. The molecular weight excluding hydrogens is 238 g/mol. The van der Waals surface area contributed by atoms with Gasteiger partial charge in [0.25, 0.3) is 0 Å². The molecule has 3 rings (SSSR count). The van der Waals surface area contributed by atoms with E-state index in [4.69, 9.17) is 12.2 Å². The summed E-state index contributed by atoms with van der Waals surface area (Å²) in [7, 11) is 1.87. The van der Waals surface area contributed by atoms with Gasteiger partial charge in [0.2, 0.25) is 0 Å². The Morgan fingerprint density at radius 3 is 2.56 bits per heavy atom. The highest BCUT2D eigenvalue weighted by Crippen LogP contribution is 2.44. The summed E-state index contributed by atoms with van der Waals surface area (Å²) in [5.74, 6) is 0.454. The third-order valence-electron chi connectivity index (χ3n) is 3.72. The summed E-state index contributed by atoms with van der Waals surface area (Å²) in [6, 6.07) is 15.2. The van der Waals surface area contributed by atoms with Crippen molar-refractivity contribution in [3.8, 4) is 11.1 Å². The molecule has 2 aromatic rings. The highest BCUT2D eigenvalue weighted by Gasteiger charge is 2.25. The first-order chi connectivity index (χ1) is 8.72. The zero-order valence-corrected chi connectivity index (χ0v) is 11.3. The van der Waals surface area contributed by atoms with Crippen LogP contribution >= 0.6 is 12.2 Å². The van der Waals surface area contributed by atoms with Crippen molar-refractivity contribution in [3.63, 3.8) is 0 Å². The van der Waals surface area contributed by atoms with E-state index >= 15 is 0 Å². The molecule has 0 radical (unpaired) electrons. The molecule has 0 aliphatic heterocycles. The van der Waals surface area contributed by atoms with Crippen molar-refractivity contribution in [1.29, 1.82) is 0 Å². The second kappa shape index (κ2) is 4.21. The molecule has 0 spiro atoms. The first-order valence-electron chi connectivity index (χ1n) is 6.17. The van der Waals surface area contributed by atoms with Crippen LogP contribution in [0.1, 0.15) is 29.5 Å². The minimum absolute atomic E-state index is 0.454. The van der Waals surface area contributed by atoms with Crippen molar-refractivity contribution in [2.45, 2.75) is 12.8 Å². The smallest absolute Gasteiger partial charge is 0.106 e. The molecule has 1 atom stereocenters.